The summed E-state index contributed by atoms with van der Waals surface area (Å²) in [4.78, 5) is 23.7. The molecule has 0 N–H and O–H groups in total. The van der Waals surface area contributed by atoms with Gasteiger partial charge in [0.25, 0.3) is 5.91 Å². The molecular weight excluding hydrogens is 302 g/mol. The number of amides is 1. The molecule has 0 saturated heterocycles. The predicted molar refractivity (Wildman–Crippen MR) is 93.4 cm³/mol. The van der Waals surface area contributed by atoms with Gasteiger partial charge in [-0.05, 0) is 37.5 Å². The molecule has 0 atom stereocenters. The highest BCUT2D eigenvalue weighted by Gasteiger charge is 2.29. The summed E-state index contributed by atoms with van der Waals surface area (Å²) < 4.78 is 5.23. The molecule has 24 heavy (non-hydrogen) atoms. The molecule has 2 aromatic heterocycles. The van der Waals surface area contributed by atoms with E-state index in [2.05, 4.69) is 9.97 Å². The molecule has 3 rings (SSSR count). The van der Waals surface area contributed by atoms with Crippen LogP contribution in [-0.2, 0) is 0 Å². The summed E-state index contributed by atoms with van der Waals surface area (Å²) in [6.45, 7) is 1.99. The molecule has 1 fully saturated rings. The Balaban J connectivity index is 1.96. The number of methoxy groups -OCH3 is 1. The van der Waals surface area contributed by atoms with Crippen LogP contribution < -0.4 is 9.64 Å². The van der Waals surface area contributed by atoms with Gasteiger partial charge in [0.1, 0.15) is 17.3 Å². The first-order valence-corrected chi connectivity index (χ1v) is 8.45. The van der Waals surface area contributed by atoms with Crippen molar-refractivity contribution in [3.8, 4) is 5.75 Å². The van der Waals surface area contributed by atoms with Crippen molar-refractivity contribution in [2.24, 2.45) is 0 Å². The summed E-state index contributed by atoms with van der Waals surface area (Å²) in [5, 5.41) is 0. The van der Waals surface area contributed by atoms with Gasteiger partial charge in [-0.15, -0.1) is 0 Å². The Kier molecular flexibility index (Phi) is 5.08. The van der Waals surface area contributed by atoms with Crippen LogP contribution in [0.4, 0.5) is 5.82 Å². The van der Waals surface area contributed by atoms with Crippen molar-refractivity contribution in [1.29, 1.82) is 0 Å². The molecule has 0 bridgehead atoms. The molecule has 0 unspecified atom stereocenters. The van der Waals surface area contributed by atoms with Gasteiger partial charge in [-0.3, -0.25) is 14.7 Å². The summed E-state index contributed by atoms with van der Waals surface area (Å²) in [5.74, 6) is 1.22. The number of pyridine rings is 2. The minimum Gasteiger partial charge on any atom is -0.497 e. The van der Waals surface area contributed by atoms with E-state index in [1.165, 1.54) is 6.42 Å². The van der Waals surface area contributed by atoms with E-state index < -0.39 is 0 Å². The Bertz CT molecular complexity index is 694. The van der Waals surface area contributed by atoms with Gasteiger partial charge in [-0.25, -0.2) is 4.98 Å². The van der Waals surface area contributed by atoms with Crippen LogP contribution in [0, 0.1) is 6.92 Å². The Labute approximate surface area is 142 Å². The highest BCUT2D eigenvalue weighted by molar-refractivity contribution is 6.04. The van der Waals surface area contributed by atoms with Crippen LogP contribution in [0.1, 0.15) is 48.2 Å². The first-order chi connectivity index (χ1) is 11.7. The zero-order chi connectivity index (χ0) is 16.9. The normalized spacial score (nSPS) is 15.1. The number of aryl methyl sites for hydroxylation is 1. The minimum atomic E-state index is -0.114. The number of carbonyl (C=O) groups is 1. The highest BCUT2D eigenvalue weighted by Crippen LogP contribution is 2.28. The van der Waals surface area contributed by atoms with Gasteiger partial charge in [0.15, 0.2) is 0 Å². The van der Waals surface area contributed by atoms with Gasteiger partial charge in [-0.2, -0.15) is 0 Å². The first kappa shape index (κ1) is 16.4. The van der Waals surface area contributed by atoms with Crippen molar-refractivity contribution in [2.75, 3.05) is 12.0 Å². The number of nitrogens with zero attached hydrogens (tertiary/aromatic N) is 3. The molecule has 0 aliphatic heterocycles. The summed E-state index contributed by atoms with van der Waals surface area (Å²) in [6, 6.07) is 7.51. The van der Waals surface area contributed by atoms with E-state index >= 15 is 0 Å². The zero-order valence-corrected chi connectivity index (χ0v) is 14.2. The van der Waals surface area contributed by atoms with E-state index in [1.807, 2.05) is 24.0 Å². The third-order valence-corrected chi connectivity index (χ3v) is 4.49. The lowest BCUT2D eigenvalue weighted by Crippen LogP contribution is -2.42. The molecule has 0 aromatic carbocycles. The molecule has 1 amide bonds. The van der Waals surface area contributed by atoms with Crippen molar-refractivity contribution in [2.45, 2.75) is 45.1 Å². The molecule has 5 nitrogen and oxygen atoms in total. The maximum absolute atomic E-state index is 13.2. The number of rotatable bonds is 4. The summed E-state index contributed by atoms with van der Waals surface area (Å²) >= 11 is 0. The largest absolute Gasteiger partial charge is 0.497 e. The topological polar surface area (TPSA) is 55.3 Å². The fourth-order valence-electron chi connectivity index (χ4n) is 3.18. The van der Waals surface area contributed by atoms with E-state index in [-0.39, 0.29) is 11.9 Å². The summed E-state index contributed by atoms with van der Waals surface area (Å²) in [7, 11) is 1.59. The molecule has 0 radical (unpaired) electrons. The Morgan fingerprint density at radius 2 is 1.96 bits per heavy atom. The second-order valence-corrected chi connectivity index (χ2v) is 6.24. The third-order valence-electron chi connectivity index (χ3n) is 4.49. The second-order valence-electron chi connectivity index (χ2n) is 6.24. The Morgan fingerprint density at radius 3 is 2.62 bits per heavy atom. The van der Waals surface area contributed by atoms with E-state index in [0.29, 0.717) is 17.3 Å². The van der Waals surface area contributed by atoms with Gasteiger partial charge in [-0.1, -0.05) is 25.3 Å². The lowest BCUT2D eigenvalue weighted by molar-refractivity contribution is 0.0964. The van der Waals surface area contributed by atoms with Crippen molar-refractivity contribution >= 4 is 11.7 Å². The molecule has 2 aromatic rings. The van der Waals surface area contributed by atoms with Crippen molar-refractivity contribution in [1.82, 2.24) is 9.97 Å². The number of carbonyl (C=O) groups excluding carboxylic acids is 1. The maximum Gasteiger partial charge on any atom is 0.278 e. The first-order valence-electron chi connectivity index (χ1n) is 8.45. The average Bonchev–Trinajstić information content (AvgIpc) is 2.64. The highest BCUT2D eigenvalue weighted by atomic mass is 16.5. The minimum absolute atomic E-state index is 0.114. The number of hydrogen-bond acceptors (Lipinski definition) is 4. The molecular formula is C19H23N3O2. The summed E-state index contributed by atoms with van der Waals surface area (Å²) in [6.07, 6.45) is 8.94. The molecule has 5 heteroatoms. The Morgan fingerprint density at radius 1 is 1.17 bits per heavy atom. The summed E-state index contributed by atoms with van der Waals surface area (Å²) in [5.41, 5.74) is 1.47. The fourth-order valence-corrected chi connectivity index (χ4v) is 3.18. The SMILES string of the molecule is COc1ccnc(C(=O)N(c2ccc(C)cn2)C2CCCCC2)c1. The standard InChI is InChI=1S/C19H23N3O2/c1-14-8-9-18(21-13-14)22(15-6-4-3-5-7-15)19(23)17-12-16(24-2)10-11-20-17/h8-13,15H,3-7H2,1-2H3. The van der Waals surface area contributed by atoms with E-state index in [4.69, 9.17) is 4.74 Å². The maximum atomic E-state index is 13.2. The van der Waals surface area contributed by atoms with Gasteiger partial charge in [0, 0.05) is 24.5 Å². The van der Waals surface area contributed by atoms with E-state index in [9.17, 15) is 4.79 Å². The molecule has 0 spiro atoms. The van der Waals surface area contributed by atoms with Crippen molar-refractivity contribution in [3.05, 3.63) is 47.9 Å². The second kappa shape index (κ2) is 7.43. The predicted octanol–water partition coefficient (Wildman–Crippen LogP) is 3.77. The van der Waals surface area contributed by atoms with Gasteiger partial charge in [0.05, 0.1) is 7.11 Å². The lowest BCUT2D eigenvalue weighted by Gasteiger charge is -2.33. The smallest absolute Gasteiger partial charge is 0.278 e. The van der Waals surface area contributed by atoms with Crippen LogP contribution in [0.25, 0.3) is 0 Å². The van der Waals surface area contributed by atoms with Gasteiger partial charge >= 0.3 is 0 Å². The number of anilines is 1. The number of ether oxygens (including phenoxy) is 1. The quantitative estimate of drug-likeness (QED) is 0.858. The van der Waals surface area contributed by atoms with Crippen LogP contribution in [0.2, 0.25) is 0 Å². The fraction of sp³-hybridized carbons (Fsp3) is 0.421. The molecule has 126 valence electrons. The van der Waals surface area contributed by atoms with Crippen LogP contribution >= 0.6 is 0 Å². The van der Waals surface area contributed by atoms with Crippen molar-refractivity contribution < 1.29 is 9.53 Å². The monoisotopic (exact) mass is 325 g/mol. The van der Waals surface area contributed by atoms with E-state index in [1.54, 1.807) is 31.6 Å². The van der Waals surface area contributed by atoms with E-state index in [0.717, 1.165) is 31.2 Å². The van der Waals surface area contributed by atoms with Crippen LogP contribution in [0.15, 0.2) is 36.7 Å². The molecule has 1 aliphatic carbocycles. The molecule has 2 heterocycles. The van der Waals surface area contributed by atoms with Gasteiger partial charge in [0.2, 0.25) is 0 Å². The molecule has 1 saturated carbocycles. The Hall–Kier alpha value is -2.43. The van der Waals surface area contributed by atoms with Crippen LogP contribution in [0.5, 0.6) is 5.75 Å². The number of aromatic nitrogens is 2. The third kappa shape index (κ3) is 3.55. The lowest BCUT2D eigenvalue weighted by atomic mass is 9.94. The molecule has 1 aliphatic rings. The zero-order valence-electron chi connectivity index (χ0n) is 14.2. The van der Waals surface area contributed by atoms with Crippen LogP contribution in [0.3, 0.4) is 0 Å². The van der Waals surface area contributed by atoms with Crippen molar-refractivity contribution in [3.63, 3.8) is 0 Å². The average molecular weight is 325 g/mol. The van der Waals surface area contributed by atoms with Gasteiger partial charge < -0.3 is 4.74 Å². The van der Waals surface area contributed by atoms with Crippen LogP contribution in [-0.4, -0.2) is 29.0 Å². The number of hydrogen-bond donors (Lipinski definition) is 0.